The lowest BCUT2D eigenvalue weighted by Gasteiger charge is -2.45. The van der Waals surface area contributed by atoms with E-state index in [9.17, 15) is 5.11 Å². The standard InChI is InChI=1S/C16H32N2O/c1-2-10-17-15(9-12-19)13-18-11-5-7-14-6-3-4-8-16(14)18/h14-17,19H,2-13H2,1H3/t14-,15?,16-/m1/s1. The lowest BCUT2D eigenvalue weighted by Crippen LogP contribution is -2.52. The summed E-state index contributed by atoms with van der Waals surface area (Å²) in [5.74, 6) is 0.962. The summed E-state index contributed by atoms with van der Waals surface area (Å²) in [7, 11) is 0. The highest BCUT2D eigenvalue weighted by Gasteiger charge is 2.33. The van der Waals surface area contributed by atoms with Crippen LogP contribution < -0.4 is 5.32 Å². The summed E-state index contributed by atoms with van der Waals surface area (Å²) in [6, 6.07) is 1.32. The summed E-state index contributed by atoms with van der Waals surface area (Å²) in [6.07, 6.45) is 10.6. The molecule has 2 fully saturated rings. The normalized spacial score (nSPS) is 30.0. The van der Waals surface area contributed by atoms with Gasteiger partial charge >= 0.3 is 0 Å². The third kappa shape index (κ3) is 4.44. The van der Waals surface area contributed by atoms with E-state index >= 15 is 0 Å². The minimum absolute atomic E-state index is 0.309. The van der Waals surface area contributed by atoms with Crippen LogP contribution in [0.2, 0.25) is 0 Å². The molecule has 19 heavy (non-hydrogen) atoms. The van der Waals surface area contributed by atoms with Crippen molar-refractivity contribution in [3.8, 4) is 0 Å². The van der Waals surface area contributed by atoms with E-state index in [2.05, 4.69) is 17.1 Å². The summed E-state index contributed by atoms with van der Waals surface area (Å²) in [4.78, 5) is 2.73. The highest BCUT2D eigenvalue weighted by atomic mass is 16.3. The smallest absolute Gasteiger partial charge is 0.0446 e. The highest BCUT2D eigenvalue weighted by molar-refractivity contribution is 4.89. The molecule has 0 radical (unpaired) electrons. The zero-order valence-electron chi connectivity index (χ0n) is 12.6. The van der Waals surface area contributed by atoms with Crippen LogP contribution in [-0.4, -0.2) is 48.3 Å². The van der Waals surface area contributed by atoms with Crippen LogP contribution in [0.4, 0.5) is 0 Å². The van der Waals surface area contributed by atoms with Gasteiger partial charge in [0.1, 0.15) is 0 Å². The molecule has 0 bridgehead atoms. The van der Waals surface area contributed by atoms with Gasteiger partial charge in [0, 0.05) is 25.2 Å². The van der Waals surface area contributed by atoms with E-state index in [-0.39, 0.29) is 0 Å². The summed E-state index contributed by atoms with van der Waals surface area (Å²) < 4.78 is 0. The number of aliphatic hydroxyl groups excluding tert-OH is 1. The first-order valence-corrected chi connectivity index (χ1v) is 8.43. The summed E-state index contributed by atoms with van der Waals surface area (Å²) in [5.41, 5.74) is 0. The van der Waals surface area contributed by atoms with Crippen molar-refractivity contribution in [2.45, 2.75) is 70.4 Å². The second-order valence-electron chi connectivity index (χ2n) is 6.41. The van der Waals surface area contributed by atoms with Gasteiger partial charge in [-0.05, 0) is 57.5 Å². The van der Waals surface area contributed by atoms with Crippen LogP contribution in [0.25, 0.3) is 0 Å². The Morgan fingerprint density at radius 1 is 1.21 bits per heavy atom. The van der Waals surface area contributed by atoms with Crippen LogP contribution >= 0.6 is 0 Å². The van der Waals surface area contributed by atoms with E-state index in [1.807, 2.05) is 0 Å². The Bertz CT molecular complexity index is 245. The minimum Gasteiger partial charge on any atom is -0.396 e. The Balaban J connectivity index is 1.86. The number of hydrogen-bond acceptors (Lipinski definition) is 3. The molecule has 2 rings (SSSR count). The van der Waals surface area contributed by atoms with Gasteiger partial charge in [-0.1, -0.05) is 19.8 Å². The Kier molecular flexibility index (Phi) is 6.62. The Morgan fingerprint density at radius 2 is 2.00 bits per heavy atom. The van der Waals surface area contributed by atoms with Gasteiger partial charge in [-0.25, -0.2) is 0 Å². The van der Waals surface area contributed by atoms with Crippen molar-refractivity contribution in [3.63, 3.8) is 0 Å². The number of likely N-dealkylation sites (tertiary alicyclic amines) is 1. The van der Waals surface area contributed by atoms with E-state index in [1.54, 1.807) is 0 Å². The van der Waals surface area contributed by atoms with Crippen LogP contribution in [-0.2, 0) is 0 Å². The first kappa shape index (κ1) is 15.3. The zero-order chi connectivity index (χ0) is 13.5. The maximum absolute atomic E-state index is 9.24. The molecule has 1 saturated carbocycles. The highest BCUT2D eigenvalue weighted by Crippen LogP contribution is 2.35. The number of aliphatic hydroxyl groups is 1. The molecule has 0 spiro atoms. The van der Waals surface area contributed by atoms with Gasteiger partial charge in [0.05, 0.1) is 0 Å². The molecule has 1 unspecified atom stereocenters. The van der Waals surface area contributed by atoms with Crippen LogP contribution in [0.15, 0.2) is 0 Å². The van der Waals surface area contributed by atoms with Gasteiger partial charge in [0.2, 0.25) is 0 Å². The van der Waals surface area contributed by atoms with Crippen molar-refractivity contribution in [1.82, 2.24) is 10.2 Å². The van der Waals surface area contributed by atoms with E-state index in [1.165, 1.54) is 51.5 Å². The fourth-order valence-corrected chi connectivity index (χ4v) is 4.00. The molecule has 0 aromatic rings. The molecule has 2 aliphatic rings. The molecule has 112 valence electrons. The van der Waals surface area contributed by atoms with Crippen molar-refractivity contribution < 1.29 is 5.11 Å². The molecule has 1 aliphatic carbocycles. The molecule has 1 saturated heterocycles. The Hall–Kier alpha value is -0.120. The van der Waals surface area contributed by atoms with E-state index in [4.69, 9.17) is 0 Å². The van der Waals surface area contributed by atoms with Gasteiger partial charge in [0.15, 0.2) is 0 Å². The van der Waals surface area contributed by atoms with E-state index in [0.717, 1.165) is 31.5 Å². The second-order valence-corrected chi connectivity index (χ2v) is 6.41. The lowest BCUT2D eigenvalue weighted by molar-refractivity contribution is 0.0503. The number of piperidine rings is 1. The lowest BCUT2D eigenvalue weighted by atomic mass is 9.78. The van der Waals surface area contributed by atoms with Gasteiger partial charge < -0.3 is 10.4 Å². The largest absolute Gasteiger partial charge is 0.396 e. The number of fused-ring (bicyclic) bond motifs is 1. The summed E-state index contributed by atoms with van der Waals surface area (Å²) in [5, 5.41) is 12.9. The molecule has 2 N–H and O–H groups in total. The van der Waals surface area contributed by atoms with Gasteiger partial charge in [0.25, 0.3) is 0 Å². The molecule has 0 aromatic heterocycles. The Labute approximate surface area is 118 Å². The van der Waals surface area contributed by atoms with Gasteiger partial charge in [-0.2, -0.15) is 0 Å². The fraction of sp³-hybridized carbons (Fsp3) is 1.00. The predicted molar refractivity (Wildman–Crippen MR) is 80.3 cm³/mol. The fourth-order valence-electron chi connectivity index (χ4n) is 4.00. The van der Waals surface area contributed by atoms with Crippen molar-refractivity contribution in [1.29, 1.82) is 0 Å². The first-order valence-electron chi connectivity index (χ1n) is 8.43. The maximum Gasteiger partial charge on any atom is 0.0446 e. The molecule has 1 aliphatic heterocycles. The van der Waals surface area contributed by atoms with Gasteiger partial charge in [-0.3, -0.25) is 4.90 Å². The van der Waals surface area contributed by atoms with Crippen LogP contribution in [0.5, 0.6) is 0 Å². The topological polar surface area (TPSA) is 35.5 Å². The molecule has 1 heterocycles. The molecular formula is C16H32N2O. The number of rotatable bonds is 7. The molecule has 0 aromatic carbocycles. The van der Waals surface area contributed by atoms with Crippen molar-refractivity contribution in [2.24, 2.45) is 5.92 Å². The van der Waals surface area contributed by atoms with E-state index in [0.29, 0.717) is 12.6 Å². The number of nitrogens with zero attached hydrogens (tertiary/aromatic N) is 1. The monoisotopic (exact) mass is 268 g/mol. The molecule has 3 nitrogen and oxygen atoms in total. The number of nitrogens with one attached hydrogen (secondary N) is 1. The third-order valence-corrected chi connectivity index (χ3v) is 4.97. The minimum atomic E-state index is 0.309. The number of hydrogen-bond donors (Lipinski definition) is 2. The summed E-state index contributed by atoms with van der Waals surface area (Å²) >= 11 is 0. The van der Waals surface area contributed by atoms with Crippen LogP contribution in [0.3, 0.4) is 0 Å². The third-order valence-electron chi connectivity index (χ3n) is 4.97. The van der Waals surface area contributed by atoms with Crippen LogP contribution in [0.1, 0.15) is 58.3 Å². The second kappa shape index (κ2) is 8.23. The SMILES string of the molecule is CCCNC(CCO)CN1CCC[C@H]2CCCC[C@H]21. The first-order chi connectivity index (χ1) is 9.35. The zero-order valence-corrected chi connectivity index (χ0v) is 12.6. The summed E-state index contributed by atoms with van der Waals surface area (Å²) in [6.45, 7) is 6.01. The molecule has 3 heteroatoms. The predicted octanol–water partition coefficient (Wildman–Crippen LogP) is 2.39. The quantitative estimate of drug-likeness (QED) is 0.744. The average molecular weight is 268 g/mol. The Morgan fingerprint density at radius 3 is 2.79 bits per heavy atom. The molecule has 0 amide bonds. The maximum atomic E-state index is 9.24. The van der Waals surface area contributed by atoms with Crippen molar-refractivity contribution in [2.75, 3.05) is 26.2 Å². The molecular weight excluding hydrogens is 236 g/mol. The average Bonchev–Trinajstić information content (AvgIpc) is 2.45. The van der Waals surface area contributed by atoms with Gasteiger partial charge in [-0.15, -0.1) is 0 Å². The van der Waals surface area contributed by atoms with E-state index < -0.39 is 0 Å². The van der Waals surface area contributed by atoms with Crippen molar-refractivity contribution >= 4 is 0 Å². The van der Waals surface area contributed by atoms with Crippen LogP contribution in [0, 0.1) is 5.92 Å². The molecule has 3 atom stereocenters. The van der Waals surface area contributed by atoms with Crippen molar-refractivity contribution in [3.05, 3.63) is 0 Å².